The Morgan fingerprint density at radius 2 is 1.76 bits per heavy atom. The fraction of sp³-hybridized carbons (Fsp3) is 0.320. The minimum Gasteiger partial charge on any atom is -0.475 e. The maximum atomic E-state index is 13.1. The summed E-state index contributed by atoms with van der Waals surface area (Å²) in [7, 11) is -4.01. The lowest BCUT2D eigenvalue weighted by Crippen LogP contribution is -2.40. The Hall–Kier alpha value is -3.46. The van der Waals surface area contributed by atoms with Gasteiger partial charge in [-0.1, -0.05) is 38.1 Å². The van der Waals surface area contributed by atoms with Gasteiger partial charge < -0.3 is 10.1 Å². The molecule has 0 radical (unpaired) electrons. The molecule has 0 saturated heterocycles. The third kappa shape index (κ3) is 5.20. The van der Waals surface area contributed by atoms with Crippen molar-refractivity contribution in [1.29, 1.82) is 0 Å². The van der Waals surface area contributed by atoms with E-state index in [9.17, 15) is 13.2 Å². The number of hydrogen-bond acceptors (Lipinski definition) is 6. The van der Waals surface area contributed by atoms with Crippen LogP contribution in [0, 0.1) is 19.8 Å². The second kappa shape index (κ2) is 9.42. The topological polar surface area (TPSA) is 110 Å². The predicted octanol–water partition coefficient (Wildman–Crippen LogP) is 4.10. The molecular weight excluding hydrogens is 452 g/mol. The van der Waals surface area contributed by atoms with Crippen LogP contribution in [0.1, 0.15) is 41.8 Å². The lowest BCUT2D eigenvalue weighted by molar-refractivity contribution is 0.0913. The van der Waals surface area contributed by atoms with E-state index in [1.807, 2.05) is 32.0 Å². The number of amides is 1. The predicted molar refractivity (Wildman–Crippen MR) is 130 cm³/mol. The Morgan fingerprint density at radius 1 is 1.06 bits per heavy atom. The van der Waals surface area contributed by atoms with E-state index in [1.165, 1.54) is 18.2 Å². The molecule has 4 rings (SSSR count). The third-order valence-electron chi connectivity index (χ3n) is 5.58. The molecule has 4 bridgehead atoms. The van der Waals surface area contributed by atoms with Gasteiger partial charge in [0.2, 0.25) is 5.88 Å². The average molecular weight is 481 g/mol. The van der Waals surface area contributed by atoms with E-state index < -0.39 is 10.0 Å². The highest BCUT2D eigenvalue weighted by Crippen LogP contribution is 2.28. The van der Waals surface area contributed by atoms with Crippen LogP contribution in [-0.2, 0) is 10.0 Å². The molecule has 178 valence electrons. The monoisotopic (exact) mass is 480 g/mol. The number of carbonyl (C=O) groups excluding carboxylic acids is 1. The Balaban J connectivity index is 1.85. The minimum atomic E-state index is -4.01. The van der Waals surface area contributed by atoms with Gasteiger partial charge in [0, 0.05) is 17.2 Å². The number of nitrogens with one attached hydrogen (secondary N) is 2. The first kappa shape index (κ1) is 23.7. The standard InChI is InChI=1S/C25H28N4O4S/c1-15(2)11-19-14-33-22-13-21(27-24(28-22)23-16(3)7-5-8-17(23)4)29-34(31,32)20-10-6-9-18(12-20)25(30)26-19/h5-10,12-13,15,19H,11,14H2,1-4H3,(H,26,30)(H,27,28,29)/t19-/m1/s1. The van der Waals surface area contributed by atoms with Crippen molar-refractivity contribution in [2.75, 3.05) is 11.3 Å². The molecule has 2 heterocycles. The number of sulfonamides is 1. The van der Waals surface area contributed by atoms with Crippen molar-refractivity contribution in [2.45, 2.75) is 45.1 Å². The average Bonchev–Trinajstić information content (AvgIpc) is 2.76. The molecule has 1 atom stereocenters. The van der Waals surface area contributed by atoms with Crippen LogP contribution in [-0.4, -0.2) is 36.9 Å². The van der Waals surface area contributed by atoms with Crippen LogP contribution in [0.5, 0.6) is 5.88 Å². The van der Waals surface area contributed by atoms with Gasteiger partial charge in [-0.05, 0) is 55.5 Å². The van der Waals surface area contributed by atoms with Gasteiger partial charge in [0.15, 0.2) is 5.82 Å². The highest BCUT2D eigenvalue weighted by molar-refractivity contribution is 7.92. The lowest BCUT2D eigenvalue weighted by Gasteiger charge is -2.21. The van der Waals surface area contributed by atoms with Gasteiger partial charge in [-0.15, -0.1) is 0 Å². The molecule has 1 aliphatic heterocycles. The second-order valence-corrected chi connectivity index (χ2v) is 10.6. The fourth-order valence-corrected chi connectivity index (χ4v) is 5.06. The van der Waals surface area contributed by atoms with Crippen molar-refractivity contribution in [1.82, 2.24) is 15.3 Å². The number of rotatable bonds is 3. The molecule has 1 aliphatic rings. The number of anilines is 1. The molecule has 0 saturated carbocycles. The maximum absolute atomic E-state index is 13.1. The Bertz CT molecular complexity index is 1320. The van der Waals surface area contributed by atoms with Gasteiger partial charge >= 0.3 is 0 Å². The van der Waals surface area contributed by atoms with Crippen LogP contribution in [0.2, 0.25) is 0 Å². The van der Waals surface area contributed by atoms with Gasteiger partial charge in [0.1, 0.15) is 12.4 Å². The number of aromatic nitrogens is 2. The van der Waals surface area contributed by atoms with Crippen molar-refractivity contribution in [3.8, 4) is 17.3 Å². The zero-order valence-electron chi connectivity index (χ0n) is 19.6. The largest absolute Gasteiger partial charge is 0.475 e. The van der Waals surface area contributed by atoms with E-state index in [0.29, 0.717) is 18.2 Å². The molecule has 1 amide bonds. The summed E-state index contributed by atoms with van der Waals surface area (Å²) in [4.78, 5) is 21.9. The Labute approximate surface area is 199 Å². The van der Waals surface area contributed by atoms with Crippen LogP contribution in [0.3, 0.4) is 0 Å². The van der Waals surface area contributed by atoms with Crippen molar-refractivity contribution >= 4 is 21.7 Å². The molecule has 2 aromatic carbocycles. The van der Waals surface area contributed by atoms with Crippen LogP contribution in [0.4, 0.5) is 5.82 Å². The number of ether oxygens (including phenoxy) is 1. The van der Waals surface area contributed by atoms with Gasteiger partial charge in [-0.25, -0.2) is 13.4 Å². The van der Waals surface area contributed by atoms with Crippen molar-refractivity contribution in [3.63, 3.8) is 0 Å². The maximum Gasteiger partial charge on any atom is 0.263 e. The molecule has 3 aromatic rings. The first-order valence-electron chi connectivity index (χ1n) is 11.1. The van der Waals surface area contributed by atoms with E-state index >= 15 is 0 Å². The highest BCUT2D eigenvalue weighted by Gasteiger charge is 2.23. The minimum absolute atomic E-state index is 0.0329. The summed E-state index contributed by atoms with van der Waals surface area (Å²) >= 11 is 0. The summed E-state index contributed by atoms with van der Waals surface area (Å²) in [6.07, 6.45) is 0.684. The Kier molecular flexibility index (Phi) is 6.56. The Morgan fingerprint density at radius 3 is 2.47 bits per heavy atom. The number of fused-ring (bicyclic) bond motifs is 4. The SMILES string of the molecule is Cc1cccc(C)c1-c1nc2cc(n1)OC[C@@H](CC(C)C)NC(=O)c1cccc(c1)S(=O)(=O)N2. The molecule has 9 heteroatoms. The van der Waals surface area contributed by atoms with E-state index in [0.717, 1.165) is 16.7 Å². The van der Waals surface area contributed by atoms with E-state index in [1.54, 1.807) is 12.1 Å². The van der Waals surface area contributed by atoms with Gasteiger partial charge in [-0.3, -0.25) is 9.52 Å². The number of nitrogens with zero attached hydrogens (tertiary/aromatic N) is 2. The smallest absolute Gasteiger partial charge is 0.263 e. The molecule has 2 N–H and O–H groups in total. The molecule has 0 spiro atoms. The van der Waals surface area contributed by atoms with E-state index in [-0.39, 0.29) is 40.7 Å². The zero-order chi connectivity index (χ0) is 24.5. The van der Waals surface area contributed by atoms with Crippen molar-refractivity contribution in [3.05, 3.63) is 65.2 Å². The highest BCUT2D eigenvalue weighted by atomic mass is 32.2. The molecule has 0 aliphatic carbocycles. The third-order valence-corrected chi connectivity index (χ3v) is 6.93. The van der Waals surface area contributed by atoms with Crippen molar-refractivity contribution in [2.24, 2.45) is 5.92 Å². The van der Waals surface area contributed by atoms with Crippen LogP contribution < -0.4 is 14.8 Å². The van der Waals surface area contributed by atoms with Crippen LogP contribution in [0.15, 0.2) is 53.4 Å². The lowest BCUT2D eigenvalue weighted by atomic mass is 10.0. The molecule has 0 fully saturated rings. The fourth-order valence-electron chi connectivity index (χ4n) is 4.02. The summed E-state index contributed by atoms with van der Waals surface area (Å²) in [5, 5.41) is 2.97. The normalized spacial score (nSPS) is 17.4. The summed E-state index contributed by atoms with van der Waals surface area (Å²) in [6.45, 7) is 8.20. The summed E-state index contributed by atoms with van der Waals surface area (Å²) in [5.74, 6) is 0.619. The first-order chi connectivity index (χ1) is 16.1. The zero-order valence-corrected chi connectivity index (χ0v) is 20.4. The first-order valence-corrected chi connectivity index (χ1v) is 12.6. The van der Waals surface area contributed by atoms with Gasteiger partial charge in [0.05, 0.1) is 10.9 Å². The van der Waals surface area contributed by atoms with Crippen molar-refractivity contribution < 1.29 is 17.9 Å². The molecule has 0 unspecified atom stereocenters. The summed E-state index contributed by atoms with van der Waals surface area (Å²) in [6, 6.07) is 12.9. The number of hydrogen-bond donors (Lipinski definition) is 2. The molecular formula is C25H28N4O4S. The number of aryl methyl sites for hydroxylation is 2. The second-order valence-electron chi connectivity index (χ2n) is 8.93. The number of benzene rings is 2. The van der Waals surface area contributed by atoms with Crippen LogP contribution in [0.25, 0.3) is 11.4 Å². The quantitative estimate of drug-likeness (QED) is 0.584. The van der Waals surface area contributed by atoms with Gasteiger partial charge in [0.25, 0.3) is 15.9 Å². The summed E-state index contributed by atoms with van der Waals surface area (Å²) < 4.78 is 34.8. The van der Waals surface area contributed by atoms with Gasteiger partial charge in [-0.2, -0.15) is 4.98 Å². The van der Waals surface area contributed by atoms with E-state index in [2.05, 4.69) is 33.9 Å². The summed E-state index contributed by atoms with van der Waals surface area (Å²) in [5.41, 5.74) is 2.99. The molecule has 34 heavy (non-hydrogen) atoms. The van der Waals surface area contributed by atoms with E-state index in [4.69, 9.17) is 4.74 Å². The van der Waals surface area contributed by atoms with Crippen LogP contribution >= 0.6 is 0 Å². The number of carbonyl (C=O) groups is 1. The molecule has 1 aromatic heterocycles. The molecule has 8 nitrogen and oxygen atoms in total.